The molecule has 0 aliphatic carbocycles. The highest BCUT2D eigenvalue weighted by Gasteiger charge is 1.95. The number of ether oxygens (including phenoxy) is 1. The number of rotatable bonds is 9. The Morgan fingerprint density at radius 1 is 1.25 bits per heavy atom. The molecule has 0 amide bonds. The van der Waals surface area contributed by atoms with Gasteiger partial charge in [-0.2, -0.15) is 0 Å². The summed E-state index contributed by atoms with van der Waals surface area (Å²) < 4.78 is 5.17. The van der Waals surface area contributed by atoms with Crippen molar-refractivity contribution >= 4 is 21.6 Å². The van der Waals surface area contributed by atoms with Crippen molar-refractivity contribution in [3.8, 4) is 0 Å². The molecule has 1 heterocycles. The smallest absolute Gasteiger partial charge is 0.106 e. The molecule has 1 N–H and O–H groups in total. The van der Waals surface area contributed by atoms with Gasteiger partial charge in [0.2, 0.25) is 0 Å². The maximum absolute atomic E-state index is 8.49. The van der Waals surface area contributed by atoms with E-state index in [2.05, 4.69) is 4.98 Å². The van der Waals surface area contributed by atoms with Gasteiger partial charge in [0.15, 0.2) is 0 Å². The SMILES string of the molecule is OCCOCCCCSSc1ccccn1. The molecule has 90 valence electrons. The highest BCUT2D eigenvalue weighted by Crippen LogP contribution is 2.29. The zero-order chi connectivity index (χ0) is 11.5. The Morgan fingerprint density at radius 2 is 2.19 bits per heavy atom. The van der Waals surface area contributed by atoms with Gasteiger partial charge in [0.1, 0.15) is 5.03 Å². The molecule has 0 aliphatic rings. The average molecular weight is 259 g/mol. The quantitative estimate of drug-likeness (QED) is 0.545. The lowest BCUT2D eigenvalue weighted by Gasteiger charge is -2.02. The van der Waals surface area contributed by atoms with Gasteiger partial charge >= 0.3 is 0 Å². The first-order chi connectivity index (χ1) is 7.93. The Morgan fingerprint density at radius 3 is 2.94 bits per heavy atom. The zero-order valence-electron chi connectivity index (χ0n) is 9.17. The van der Waals surface area contributed by atoms with E-state index in [-0.39, 0.29) is 6.61 Å². The summed E-state index contributed by atoms with van der Waals surface area (Å²) in [5.41, 5.74) is 0. The van der Waals surface area contributed by atoms with Crippen molar-refractivity contribution in [3.63, 3.8) is 0 Å². The van der Waals surface area contributed by atoms with Gasteiger partial charge in [-0.3, -0.25) is 0 Å². The maximum Gasteiger partial charge on any atom is 0.106 e. The monoisotopic (exact) mass is 259 g/mol. The van der Waals surface area contributed by atoms with E-state index in [1.165, 1.54) is 0 Å². The summed E-state index contributed by atoms with van der Waals surface area (Å²) in [6.07, 6.45) is 4.00. The summed E-state index contributed by atoms with van der Waals surface area (Å²) in [4.78, 5) is 4.23. The van der Waals surface area contributed by atoms with E-state index in [0.717, 1.165) is 30.2 Å². The molecule has 0 fully saturated rings. The first-order valence-electron chi connectivity index (χ1n) is 5.32. The van der Waals surface area contributed by atoms with Gasteiger partial charge in [0.05, 0.1) is 13.2 Å². The number of hydrogen-bond acceptors (Lipinski definition) is 5. The van der Waals surface area contributed by atoms with Crippen LogP contribution in [0, 0.1) is 0 Å². The van der Waals surface area contributed by atoms with E-state index in [4.69, 9.17) is 9.84 Å². The van der Waals surface area contributed by atoms with Crippen LogP contribution < -0.4 is 0 Å². The molecule has 0 aromatic carbocycles. The predicted octanol–water partition coefficient (Wildman–Crippen LogP) is 2.61. The summed E-state index contributed by atoms with van der Waals surface area (Å²) in [6, 6.07) is 5.94. The van der Waals surface area contributed by atoms with Crippen LogP contribution in [-0.4, -0.2) is 35.7 Å². The molecule has 0 aliphatic heterocycles. The standard InChI is InChI=1S/C11H17NO2S2/c13-7-9-14-8-3-4-10-15-16-11-5-1-2-6-12-11/h1-2,5-6,13H,3-4,7-10H2. The fourth-order valence-corrected chi connectivity index (χ4v) is 3.06. The summed E-state index contributed by atoms with van der Waals surface area (Å²) >= 11 is 0. The summed E-state index contributed by atoms with van der Waals surface area (Å²) in [5.74, 6) is 1.10. The highest BCUT2D eigenvalue weighted by molar-refractivity contribution is 8.76. The predicted molar refractivity (Wildman–Crippen MR) is 69.7 cm³/mol. The first kappa shape index (κ1) is 13.8. The van der Waals surface area contributed by atoms with Crippen LogP contribution >= 0.6 is 21.6 Å². The van der Waals surface area contributed by atoms with Gasteiger partial charge in [-0.1, -0.05) is 16.9 Å². The number of hydrogen-bond donors (Lipinski definition) is 1. The minimum atomic E-state index is 0.115. The normalized spacial score (nSPS) is 10.6. The Bertz CT molecular complexity index is 259. The molecular formula is C11H17NO2S2. The molecule has 0 saturated heterocycles. The third-order valence-electron chi connectivity index (χ3n) is 1.78. The fraction of sp³-hybridized carbons (Fsp3) is 0.545. The Balaban J connectivity index is 1.89. The molecule has 0 bridgehead atoms. The number of pyridine rings is 1. The summed E-state index contributed by atoms with van der Waals surface area (Å²) in [6.45, 7) is 1.31. The second-order valence-corrected chi connectivity index (χ2v) is 5.55. The third-order valence-corrected chi connectivity index (χ3v) is 4.14. The van der Waals surface area contributed by atoms with Crippen LogP contribution in [-0.2, 0) is 4.74 Å². The largest absolute Gasteiger partial charge is 0.394 e. The zero-order valence-corrected chi connectivity index (χ0v) is 10.8. The van der Waals surface area contributed by atoms with Gasteiger partial charge in [-0.05, 0) is 35.8 Å². The third kappa shape index (κ3) is 7.11. The van der Waals surface area contributed by atoms with Crippen molar-refractivity contribution in [1.29, 1.82) is 0 Å². The van der Waals surface area contributed by atoms with Crippen molar-refractivity contribution in [1.82, 2.24) is 4.98 Å². The molecule has 5 heteroatoms. The molecule has 3 nitrogen and oxygen atoms in total. The van der Waals surface area contributed by atoms with E-state index >= 15 is 0 Å². The van der Waals surface area contributed by atoms with Gasteiger partial charge < -0.3 is 9.84 Å². The molecule has 0 saturated carbocycles. The molecular weight excluding hydrogens is 242 g/mol. The van der Waals surface area contributed by atoms with Crippen molar-refractivity contribution in [2.24, 2.45) is 0 Å². The van der Waals surface area contributed by atoms with Crippen LogP contribution in [0.1, 0.15) is 12.8 Å². The van der Waals surface area contributed by atoms with Crippen molar-refractivity contribution < 1.29 is 9.84 Å². The van der Waals surface area contributed by atoms with Crippen molar-refractivity contribution in [2.45, 2.75) is 17.9 Å². The molecule has 0 radical (unpaired) electrons. The lowest BCUT2D eigenvalue weighted by Crippen LogP contribution is -2.00. The van der Waals surface area contributed by atoms with Gasteiger partial charge in [0, 0.05) is 18.6 Å². The maximum atomic E-state index is 8.49. The Hall–Kier alpha value is -0.230. The first-order valence-corrected chi connectivity index (χ1v) is 7.64. The number of aliphatic hydroxyl groups excluding tert-OH is 1. The van der Waals surface area contributed by atoms with Gasteiger partial charge in [-0.25, -0.2) is 4.98 Å². The second-order valence-electron chi connectivity index (χ2n) is 3.12. The number of nitrogens with zero attached hydrogens (tertiary/aromatic N) is 1. The molecule has 1 rings (SSSR count). The van der Waals surface area contributed by atoms with Crippen LogP contribution in [0.4, 0.5) is 0 Å². The fourth-order valence-electron chi connectivity index (χ4n) is 1.03. The van der Waals surface area contributed by atoms with Crippen LogP contribution in [0.3, 0.4) is 0 Å². The Labute approximate surface area is 104 Å². The number of aromatic nitrogens is 1. The second kappa shape index (κ2) is 9.96. The lowest BCUT2D eigenvalue weighted by atomic mass is 10.4. The molecule has 0 atom stereocenters. The van der Waals surface area contributed by atoms with E-state index in [1.54, 1.807) is 10.8 Å². The van der Waals surface area contributed by atoms with E-state index in [1.807, 2.05) is 35.2 Å². The van der Waals surface area contributed by atoms with Crippen molar-refractivity contribution in [2.75, 3.05) is 25.6 Å². The van der Waals surface area contributed by atoms with E-state index in [0.29, 0.717) is 6.61 Å². The topological polar surface area (TPSA) is 42.4 Å². The summed E-state index contributed by atoms with van der Waals surface area (Å²) in [5, 5.41) is 9.55. The lowest BCUT2D eigenvalue weighted by molar-refractivity contribution is 0.0906. The van der Waals surface area contributed by atoms with Crippen LogP contribution in [0.25, 0.3) is 0 Å². The van der Waals surface area contributed by atoms with E-state index in [9.17, 15) is 0 Å². The van der Waals surface area contributed by atoms with Crippen LogP contribution in [0.2, 0.25) is 0 Å². The molecule has 1 aromatic rings. The number of aliphatic hydroxyl groups is 1. The van der Waals surface area contributed by atoms with Crippen LogP contribution in [0.5, 0.6) is 0 Å². The van der Waals surface area contributed by atoms with Gasteiger partial charge in [-0.15, -0.1) is 0 Å². The molecule has 1 aromatic heterocycles. The number of unbranched alkanes of at least 4 members (excludes halogenated alkanes) is 1. The average Bonchev–Trinajstić information content (AvgIpc) is 2.34. The highest BCUT2D eigenvalue weighted by atomic mass is 33.1. The summed E-state index contributed by atoms with van der Waals surface area (Å²) in [7, 11) is 3.53. The minimum Gasteiger partial charge on any atom is -0.394 e. The van der Waals surface area contributed by atoms with Crippen molar-refractivity contribution in [3.05, 3.63) is 24.4 Å². The Kier molecular flexibility index (Phi) is 8.61. The van der Waals surface area contributed by atoms with Gasteiger partial charge in [0.25, 0.3) is 0 Å². The molecule has 0 spiro atoms. The minimum absolute atomic E-state index is 0.115. The van der Waals surface area contributed by atoms with E-state index < -0.39 is 0 Å². The van der Waals surface area contributed by atoms with Crippen LogP contribution in [0.15, 0.2) is 29.4 Å². The molecule has 16 heavy (non-hydrogen) atoms. The molecule has 0 unspecified atom stereocenters.